The van der Waals surface area contributed by atoms with E-state index < -0.39 is 12.0 Å². The fraction of sp³-hybridized carbons (Fsp3) is 0.182. The zero-order chi connectivity index (χ0) is 13.3. The highest BCUT2D eigenvalue weighted by Gasteiger charge is 2.14. The van der Waals surface area contributed by atoms with E-state index in [0.717, 1.165) is 0 Å². The van der Waals surface area contributed by atoms with Crippen molar-refractivity contribution >= 4 is 45.9 Å². The van der Waals surface area contributed by atoms with Crippen LogP contribution in [0.1, 0.15) is 6.92 Å². The summed E-state index contributed by atoms with van der Waals surface area (Å²) in [5, 5.41) is 13.1. The van der Waals surface area contributed by atoms with Gasteiger partial charge in [-0.1, -0.05) is 23.2 Å². The lowest BCUT2D eigenvalue weighted by molar-refractivity contribution is -0.137. The van der Waals surface area contributed by atoms with Crippen LogP contribution in [0.3, 0.4) is 0 Å². The Kier molecular flexibility index (Phi) is 3.54. The molecule has 0 aliphatic heterocycles. The van der Waals surface area contributed by atoms with Crippen LogP contribution in [0.5, 0.6) is 0 Å². The van der Waals surface area contributed by atoms with E-state index in [-0.39, 0.29) is 0 Å². The molecule has 0 bridgehead atoms. The molecule has 18 heavy (non-hydrogen) atoms. The second-order valence-corrected chi connectivity index (χ2v) is 4.55. The molecule has 0 spiro atoms. The van der Waals surface area contributed by atoms with Crippen molar-refractivity contribution in [2.75, 3.05) is 5.32 Å². The van der Waals surface area contributed by atoms with Gasteiger partial charge in [0, 0.05) is 10.4 Å². The Labute approximate surface area is 113 Å². The van der Waals surface area contributed by atoms with Crippen molar-refractivity contribution < 1.29 is 9.90 Å². The van der Waals surface area contributed by atoms with Gasteiger partial charge in [-0.15, -0.1) is 0 Å². The molecule has 0 aliphatic rings. The molecular weight excluding hydrogens is 277 g/mol. The molecule has 0 saturated heterocycles. The molecule has 94 valence electrons. The molecule has 7 heteroatoms. The highest BCUT2D eigenvalue weighted by molar-refractivity contribution is 6.38. The summed E-state index contributed by atoms with van der Waals surface area (Å²) in [6.45, 7) is 1.52. The first-order valence-corrected chi connectivity index (χ1v) is 5.83. The summed E-state index contributed by atoms with van der Waals surface area (Å²) < 4.78 is 0. The number of aliphatic carboxylic acids is 1. The predicted molar refractivity (Wildman–Crippen MR) is 70.3 cm³/mol. The topological polar surface area (TPSA) is 75.1 Å². The molecule has 2 rings (SSSR count). The minimum absolute atomic E-state index is 0.388. The number of hydrogen-bond acceptors (Lipinski definition) is 4. The first-order chi connectivity index (χ1) is 8.49. The monoisotopic (exact) mass is 285 g/mol. The molecule has 1 aromatic carbocycles. The van der Waals surface area contributed by atoms with Crippen molar-refractivity contribution in [2.45, 2.75) is 13.0 Å². The van der Waals surface area contributed by atoms with Crippen LogP contribution in [0.25, 0.3) is 10.9 Å². The maximum absolute atomic E-state index is 10.8. The van der Waals surface area contributed by atoms with E-state index in [9.17, 15) is 4.79 Å². The molecule has 0 radical (unpaired) electrons. The van der Waals surface area contributed by atoms with Crippen LogP contribution in [0, 0.1) is 0 Å². The number of nitrogens with one attached hydrogen (secondary N) is 1. The number of benzene rings is 1. The summed E-state index contributed by atoms with van der Waals surface area (Å²) in [5.74, 6) is -0.589. The number of rotatable bonds is 3. The number of carbonyl (C=O) groups is 1. The number of hydrogen-bond donors (Lipinski definition) is 2. The summed E-state index contributed by atoms with van der Waals surface area (Å²) in [6.07, 6.45) is 1.32. The van der Waals surface area contributed by atoms with Crippen molar-refractivity contribution in [3.05, 3.63) is 28.5 Å². The second-order valence-electron chi connectivity index (χ2n) is 3.71. The summed E-state index contributed by atoms with van der Waals surface area (Å²) in [4.78, 5) is 18.9. The van der Waals surface area contributed by atoms with E-state index in [1.165, 1.54) is 13.3 Å². The Balaban J connectivity index is 2.54. The third-order valence-electron chi connectivity index (χ3n) is 2.38. The lowest BCUT2D eigenvalue weighted by atomic mass is 10.2. The van der Waals surface area contributed by atoms with Crippen molar-refractivity contribution in [1.29, 1.82) is 0 Å². The number of anilines is 1. The van der Waals surface area contributed by atoms with Gasteiger partial charge in [-0.2, -0.15) is 0 Å². The van der Waals surface area contributed by atoms with E-state index in [1.54, 1.807) is 12.1 Å². The standard InChI is InChI=1S/C11H9Cl2N3O2/c1-5(11(17)18)16-10-7-2-6(12)3-8(13)9(7)14-4-15-10/h2-5H,1H3,(H,17,18)(H,14,15,16)/t5-/m0/s1. The van der Waals surface area contributed by atoms with Crippen LogP contribution in [-0.4, -0.2) is 27.1 Å². The lowest BCUT2D eigenvalue weighted by Gasteiger charge is -2.12. The Hall–Kier alpha value is -1.59. The van der Waals surface area contributed by atoms with Gasteiger partial charge < -0.3 is 10.4 Å². The van der Waals surface area contributed by atoms with Gasteiger partial charge in [0.25, 0.3) is 0 Å². The predicted octanol–water partition coefficient (Wildman–Crippen LogP) is 2.82. The van der Waals surface area contributed by atoms with Crippen molar-refractivity contribution in [3.63, 3.8) is 0 Å². The van der Waals surface area contributed by atoms with Gasteiger partial charge in [0.2, 0.25) is 0 Å². The highest BCUT2D eigenvalue weighted by Crippen LogP contribution is 2.29. The lowest BCUT2D eigenvalue weighted by Crippen LogP contribution is -2.26. The minimum Gasteiger partial charge on any atom is -0.480 e. The molecule has 0 unspecified atom stereocenters. The molecule has 1 aromatic heterocycles. The largest absolute Gasteiger partial charge is 0.480 e. The van der Waals surface area contributed by atoms with Gasteiger partial charge in [-0.3, -0.25) is 4.79 Å². The van der Waals surface area contributed by atoms with Crippen LogP contribution in [0.4, 0.5) is 5.82 Å². The van der Waals surface area contributed by atoms with Gasteiger partial charge in [0.1, 0.15) is 18.2 Å². The molecule has 0 fully saturated rings. The van der Waals surface area contributed by atoms with Gasteiger partial charge in [-0.25, -0.2) is 9.97 Å². The maximum atomic E-state index is 10.8. The first-order valence-electron chi connectivity index (χ1n) is 5.08. The maximum Gasteiger partial charge on any atom is 0.325 e. The van der Waals surface area contributed by atoms with E-state index in [0.29, 0.717) is 26.8 Å². The highest BCUT2D eigenvalue weighted by atomic mass is 35.5. The molecule has 0 aliphatic carbocycles. The Morgan fingerprint density at radius 1 is 1.39 bits per heavy atom. The number of halogens is 2. The van der Waals surface area contributed by atoms with Crippen LogP contribution in [-0.2, 0) is 4.79 Å². The fourth-order valence-electron chi connectivity index (χ4n) is 1.47. The van der Waals surface area contributed by atoms with E-state index in [2.05, 4.69) is 15.3 Å². The van der Waals surface area contributed by atoms with E-state index >= 15 is 0 Å². The van der Waals surface area contributed by atoms with E-state index in [4.69, 9.17) is 28.3 Å². The molecule has 5 nitrogen and oxygen atoms in total. The van der Waals surface area contributed by atoms with Gasteiger partial charge >= 0.3 is 5.97 Å². The van der Waals surface area contributed by atoms with E-state index in [1.807, 2.05) is 0 Å². The molecule has 0 amide bonds. The molecular formula is C11H9Cl2N3O2. The number of carboxylic acids is 1. The number of nitrogens with zero attached hydrogens (tertiary/aromatic N) is 2. The third-order valence-corrected chi connectivity index (χ3v) is 2.89. The van der Waals surface area contributed by atoms with Crippen LogP contribution >= 0.6 is 23.2 Å². The average molecular weight is 286 g/mol. The zero-order valence-electron chi connectivity index (χ0n) is 9.32. The van der Waals surface area contributed by atoms with Gasteiger partial charge in [0.05, 0.1) is 10.5 Å². The molecule has 1 atom stereocenters. The number of carboxylic acid groups (broad SMARTS) is 1. The minimum atomic E-state index is -0.977. The number of aromatic nitrogens is 2. The van der Waals surface area contributed by atoms with Gasteiger partial charge in [-0.05, 0) is 19.1 Å². The van der Waals surface area contributed by atoms with Crippen LogP contribution in [0.2, 0.25) is 10.0 Å². The van der Waals surface area contributed by atoms with Crippen molar-refractivity contribution in [3.8, 4) is 0 Å². The molecule has 1 heterocycles. The number of fused-ring (bicyclic) bond motifs is 1. The second kappa shape index (κ2) is 4.96. The first kappa shape index (κ1) is 12.9. The molecule has 2 N–H and O–H groups in total. The summed E-state index contributed by atoms with van der Waals surface area (Å²) in [7, 11) is 0. The Bertz CT molecular complexity index is 619. The molecule has 2 aromatic rings. The quantitative estimate of drug-likeness (QED) is 0.907. The summed E-state index contributed by atoms with van der Waals surface area (Å²) in [6, 6.07) is 2.43. The Morgan fingerprint density at radius 2 is 2.11 bits per heavy atom. The van der Waals surface area contributed by atoms with Crippen molar-refractivity contribution in [1.82, 2.24) is 9.97 Å². The summed E-state index contributed by atoms with van der Waals surface area (Å²) >= 11 is 11.9. The van der Waals surface area contributed by atoms with Crippen LogP contribution in [0.15, 0.2) is 18.5 Å². The summed E-state index contributed by atoms with van der Waals surface area (Å²) in [5.41, 5.74) is 0.524. The fourth-order valence-corrected chi connectivity index (χ4v) is 2.02. The van der Waals surface area contributed by atoms with Crippen molar-refractivity contribution in [2.24, 2.45) is 0 Å². The van der Waals surface area contributed by atoms with Gasteiger partial charge in [0.15, 0.2) is 0 Å². The Morgan fingerprint density at radius 3 is 2.78 bits per heavy atom. The smallest absolute Gasteiger partial charge is 0.325 e. The zero-order valence-corrected chi connectivity index (χ0v) is 10.8. The SMILES string of the molecule is C[C@H](Nc1ncnc2c(Cl)cc(Cl)cc12)C(=O)O. The third kappa shape index (κ3) is 2.47. The van der Waals surface area contributed by atoms with Crippen LogP contribution < -0.4 is 5.32 Å². The normalized spacial score (nSPS) is 12.4. The average Bonchev–Trinajstić information content (AvgIpc) is 2.29. The molecule has 0 saturated carbocycles.